The van der Waals surface area contributed by atoms with E-state index in [0.717, 1.165) is 103 Å². The molecule has 0 heterocycles. The van der Waals surface area contributed by atoms with Gasteiger partial charge in [0.05, 0.1) is 27.7 Å². The van der Waals surface area contributed by atoms with Crippen LogP contribution in [0.3, 0.4) is 0 Å². The predicted molar refractivity (Wildman–Crippen MR) is 427 cm³/mol. The third-order valence-electron chi connectivity index (χ3n) is 17.4. The van der Waals surface area contributed by atoms with Gasteiger partial charge in [-0.05, 0) is 122 Å². The first-order valence-corrected chi connectivity index (χ1v) is 42.1. The number of ether oxygens (including phenoxy) is 2. The van der Waals surface area contributed by atoms with Crippen LogP contribution in [-0.2, 0) is 32.7 Å². The average molecular weight is 1380 g/mol. The standard InChI is InChI=1S/C88H152NO8P/c1-6-8-10-12-14-16-18-20-22-24-26-28-30-32-34-36-38-40-41-42-43-44-45-46-47-49-50-52-54-56-58-60-62-64-66-68-70-72-74-76-78-80-87(90)94-84-86(85-96-98(92,93)95-83-82-89(3,4)5)97-88(91)81-79-77-75-73-71-69-67-65-63-61-59-57-55-53-51-48-39-37-35-33-31-29-27-25-23-21-19-17-15-13-11-9-7-2/h9,11,15,17-18,20-21,23-24,26-27,29,33,35,39,48,53,55,59,61,65,67,71,73,86H,6-8,10,12-14,16,19,22,25,28,30-32,34,36-38,40-47,49-52,54,56-58,60,62-64,66,68-70,72,74-85H2,1-5H3/p+1/b11-9-,17-15-,20-18-,23-21-,26-24-,29-27-,35-33-,48-39-,55-53-,61-59-,67-65-,73-71-. The Hall–Kier alpha value is -4.11. The van der Waals surface area contributed by atoms with Gasteiger partial charge in [0.2, 0.25) is 0 Å². The van der Waals surface area contributed by atoms with Crippen molar-refractivity contribution >= 4 is 19.8 Å². The fraction of sp³-hybridized carbons (Fsp3) is 0.705. The van der Waals surface area contributed by atoms with E-state index in [0.29, 0.717) is 17.4 Å². The Bertz CT molecular complexity index is 2170. The molecule has 0 aliphatic rings. The van der Waals surface area contributed by atoms with E-state index in [9.17, 15) is 19.0 Å². The molecule has 9 nitrogen and oxygen atoms in total. The number of likely N-dealkylation sites (N-methyl/N-ethyl adjacent to an activating group) is 1. The zero-order chi connectivity index (χ0) is 71.1. The van der Waals surface area contributed by atoms with Crippen molar-refractivity contribution in [1.29, 1.82) is 0 Å². The number of hydrogen-bond donors (Lipinski definition) is 1. The van der Waals surface area contributed by atoms with Crippen LogP contribution in [0.15, 0.2) is 146 Å². The zero-order valence-electron chi connectivity index (χ0n) is 64.2. The third-order valence-corrected chi connectivity index (χ3v) is 18.3. The van der Waals surface area contributed by atoms with E-state index in [1.165, 1.54) is 212 Å². The van der Waals surface area contributed by atoms with Gasteiger partial charge in [0.15, 0.2) is 6.10 Å². The molecule has 98 heavy (non-hydrogen) atoms. The van der Waals surface area contributed by atoms with Gasteiger partial charge in [-0.15, -0.1) is 0 Å². The van der Waals surface area contributed by atoms with Crippen LogP contribution in [0.25, 0.3) is 0 Å². The lowest BCUT2D eigenvalue weighted by Crippen LogP contribution is -2.37. The lowest BCUT2D eigenvalue weighted by atomic mass is 10.0. The second-order valence-corrected chi connectivity index (χ2v) is 29.5. The van der Waals surface area contributed by atoms with Crippen molar-refractivity contribution in [1.82, 2.24) is 0 Å². The van der Waals surface area contributed by atoms with Crippen LogP contribution in [0, 0.1) is 0 Å². The summed E-state index contributed by atoms with van der Waals surface area (Å²) in [5.74, 6) is -0.846. The molecule has 0 fully saturated rings. The van der Waals surface area contributed by atoms with E-state index < -0.39 is 26.5 Å². The quantitative estimate of drug-likeness (QED) is 0.0211. The maximum atomic E-state index is 12.9. The second-order valence-electron chi connectivity index (χ2n) is 28.1. The van der Waals surface area contributed by atoms with Gasteiger partial charge < -0.3 is 18.9 Å². The number of quaternary nitrogens is 1. The van der Waals surface area contributed by atoms with E-state index in [4.69, 9.17) is 18.5 Å². The lowest BCUT2D eigenvalue weighted by molar-refractivity contribution is -0.870. The maximum Gasteiger partial charge on any atom is 0.472 e. The number of phosphoric ester groups is 1. The van der Waals surface area contributed by atoms with Gasteiger partial charge in [-0.2, -0.15) is 0 Å². The van der Waals surface area contributed by atoms with Crippen molar-refractivity contribution in [3.63, 3.8) is 0 Å². The van der Waals surface area contributed by atoms with Crippen molar-refractivity contribution < 1.29 is 42.1 Å². The van der Waals surface area contributed by atoms with Gasteiger partial charge in [0, 0.05) is 12.8 Å². The minimum absolute atomic E-state index is 0.0171. The van der Waals surface area contributed by atoms with Crippen LogP contribution in [0.4, 0.5) is 0 Å². The molecule has 0 saturated heterocycles. The molecule has 0 aromatic heterocycles. The normalized spacial score (nSPS) is 13.8. The number of nitrogens with zero attached hydrogens (tertiary/aromatic N) is 1. The molecule has 562 valence electrons. The van der Waals surface area contributed by atoms with Crippen LogP contribution >= 0.6 is 7.82 Å². The summed E-state index contributed by atoms with van der Waals surface area (Å²) >= 11 is 0. The molecule has 2 atom stereocenters. The average Bonchev–Trinajstić information content (AvgIpc) is 1.08. The monoisotopic (exact) mass is 1380 g/mol. The topological polar surface area (TPSA) is 108 Å². The fourth-order valence-corrected chi connectivity index (χ4v) is 11.9. The second kappa shape index (κ2) is 77.1. The molecule has 0 aromatic carbocycles. The molecule has 0 amide bonds. The number of allylic oxidation sites excluding steroid dienone is 24. The molecule has 0 aliphatic heterocycles. The summed E-state index contributed by atoms with van der Waals surface area (Å²) in [6.07, 6.45) is 114. The van der Waals surface area contributed by atoms with Crippen molar-refractivity contribution in [2.45, 2.75) is 354 Å². The Morgan fingerprint density at radius 2 is 0.582 bits per heavy atom. The summed E-state index contributed by atoms with van der Waals surface area (Å²) in [5.41, 5.74) is 0. The van der Waals surface area contributed by atoms with Gasteiger partial charge in [-0.1, -0.05) is 359 Å². The van der Waals surface area contributed by atoms with E-state index in [-0.39, 0.29) is 32.0 Å². The molecular weight excluding hydrogens is 1230 g/mol. The third kappa shape index (κ3) is 80.9. The summed E-state index contributed by atoms with van der Waals surface area (Å²) in [5, 5.41) is 0. The summed E-state index contributed by atoms with van der Waals surface area (Å²) < 4.78 is 34.7. The van der Waals surface area contributed by atoms with Gasteiger partial charge in [0.25, 0.3) is 0 Å². The number of carbonyl (C=O) groups excluding carboxylic acids is 2. The number of esters is 2. The number of phosphoric acid groups is 1. The Labute approximate surface area is 605 Å². The van der Waals surface area contributed by atoms with E-state index in [2.05, 4.69) is 160 Å². The fourth-order valence-electron chi connectivity index (χ4n) is 11.2. The highest BCUT2D eigenvalue weighted by molar-refractivity contribution is 7.47. The molecule has 1 N–H and O–H groups in total. The Balaban J connectivity index is 4.02. The van der Waals surface area contributed by atoms with Crippen LogP contribution in [0.2, 0.25) is 0 Å². The minimum atomic E-state index is -4.42. The highest BCUT2D eigenvalue weighted by Crippen LogP contribution is 2.43. The summed E-state index contributed by atoms with van der Waals surface area (Å²) in [6.45, 7) is 4.28. The zero-order valence-corrected chi connectivity index (χ0v) is 65.1. The first-order valence-electron chi connectivity index (χ1n) is 40.6. The van der Waals surface area contributed by atoms with Crippen LogP contribution in [0.5, 0.6) is 0 Å². The van der Waals surface area contributed by atoms with Crippen molar-refractivity contribution in [3.05, 3.63) is 146 Å². The number of carbonyl (C=O) groups is 2. The summed E-state index contributed by atoms with van der Waals surface area (Å²) in [7, 11) is 1.44. The minimum Gasteiger partial charge on any atom is -0.462 e. The lowest BCUT2D eigenvalue weighted by Gasteiger charge is -2.24. The Kier molecular flexibility index (Phi) is 73.8. The number of unbranched alkanes of at least 4 members (excludes halogenated alkanes) is 36. The first-order chi connectivity index (χ1) is 48.0. The van der Waals surface area contributed by atoms with E-state index >= 15 is 0 Å². The molecule has 10 heteroatoms. The molecule has 0 radical (unpaired) electrons. The molecule has 0 aromatic rings. The van der Waals surface area contributed by atoms with E-state index in [1.54, 1.807) is 0 Å². The summed E-state index contributed by atoms with van der Waals surface area (Å²) in [4.78, 5) is 35.9. The molecule has 0 bridgehead atoms. The highest BCUT2D eigenvalue weighted by Gasteiger charge is 2.27. The van der Waals surface area contributed by atoms with Gasteiger partial charge >= 0.3 is 19.8 Å². The number of hydrogen-bond acceptors (Lipinski definition) is 7. The Morgan fingerprint density at radius 3 is 0.888 bits per heavy atom. The molecular formula is C88H153NO8P+. The van der Waals surface area contributed by atoms with Gasteiger partial charge in [-0.25, -0.2) is 4.57 Å². The number of rotatable bonds is 74. The largest absolute Gasteiger partial charge is 0.472 e. The van der Waals surface area contributed by atoms with Crippen molar-refractivity contribution in [3.8, 4) is 0 Å². The SMILES string of the molecule is CC/C=C\C/C=C\C/C=C\C/C=C\C/C=C\C/C=C\C/C=C\C/C=C\C/C=C\C/C=C\CCCCC(=O)OC(COC(=O)CCCCCCCCCCCCCCCCCCCCCCCCCCCCCCC/C=C\C/C=C\CCCCCCC)COP(=O)(O)OCC[N+](C)(C)C. The molecule has 2 unspecified atom stereocenters. The van der Waals surface area contributed by atoms with Crippen molar-refractivity contribution in [2.75, 3.05) is 47.5 Å². The Morgan fingerprint density at radius 1 is 0.327 bits per heavy atom. The predicted octanol–water partition coefficient (Wildman–Crippen LogP) is 27.3. The van der Waals surface area contributed by atoms with Crippen LogP contribution in [-0.4, -0.2) is 74.9 Å². The summed E-state index contributed by atoms with van der Waals surface area (Å²) in [6, 6.07) is 0. The maximum absolute atomic E-state index is 12.9. The molecule has 0 aliphatic carbocycles. The molecule has 0 saturated carbocycles. The smallest absolute Gasteiger partial charge is 0.462 e. The van der Waals surface area contributed by atoms with Crippen LogP contribution < -0.4 is 0 Å². The highest BCUT2D eigenvalue weighted by atomic mass is 31.2. The van der Waals surface area contributed by atoms with Gasteiger partial charge in [0.1, 0.15) is 19.8 Å². The van der Waals surface area contributed by atoms with Gasteiger partial charge in [-0.3, -0.25) is 18.6 Å². The molecule has 0 spiro atoms. The van der Waals surface area contributed by atoms with Crippen LogP contribution in [0.1, 0.15) is 348 Å². The molecule has 0 rings (SSSR count). The van der Waals surface area contributed by atoms with Crippen molar-refractivity contribution in [2.24, 2.45) is 0 Å². The first kappa shape index (κ1) is 93.9. The van der Waals surface area contributed by atoms with E-state index in [1.807, 2.05) is 21.1 Å².